The van der Waals surface area contributed by atoms with E-state index in [0.717, 1.165) is 60.3 Å². The van der Waals surface area contributed by atoms with E-state index in [1.165, 1.54) is 17.7 Å². The summed E-state index contributed by atoms with van der Waals surface area (Å²) in [6.45, 7) is 3.01. The summed E-state index contributed by atoms with van der Waals surface area (Å²) in [7, 11) is 9.59. The molecule has 0 spiro atoms. The Morgan fingerprint density at radius 3 is 1.50 bits per heavy atom. The van der Waals surface area contributed by atoms with Gasteiger partial charge < -0.3 is 33.3 Å². The minimum atomic E-state index is -0.860. The molecule has 0 bridgehead atoms. The fraction of sp³-hybridized carbons (Fsp3) is 0.302. The van der Waals surface area contributed by atoms with Crippen molar-refractivity contribution in [3.8, 4) is 56.8 Å². The first-order valence-electron chi connectivity index (χ1n) is 17.5. The normalized spacial score (nSPS) is 13.1. The molecular formula is C43H47ClF2N2O6. The molecule has 1 aliphatic heterocycles. The third kappa shape index (κ3) is 8.77. The molecule has 0 amide bonds. The van der Waals surface area contributed by atoms with E-state index in [2.05, 4.69) is 46.2 Å². The van der Waals surface area contributed by atoms with Crippen LogP contribution in [0.1, 0.15) is 24.0 Å². The number of piperidine rings is 1. The van der Waals surface area contributed by atoms with Crippen LogP contribution in [0.2, 0.25) is 0 Å². The highest BCUT2D eigenvalue weighted by Crippen LogP contribution is 2.43. The fourth-order valence-corrected chi connectivity index (χ4v) is 7.13. The molecule has 6 rings (SSSR count). The molecule has 54 heavy (non-hydrogen) atoms. The summed E-state index contributed by atoms with van der Waals surface area (Å²) in [4.78, 5) is 4.65. The zero-order chi connectivity index (χ0) is 37.5. The second kappa shape index (κ2) is 18.2. The van der Waals surface area contributed by atoms with Crippen LogP contribution < -0.4 is 33.3 Å². The lowest BCUT2D eigenvalue weighted by Crippen LogP contribution is -2.44. The summed E-state index contributed by atoms with van der Waals surface area (Å²) >= 11 is 0. The lowest BCUT2D eigenvalue weighted by atomic mass is 9.98. The summed E-state index contributed by atoms with van der Waals surface area (Å²) in [5, 5.41) is 0. The summed E-state index contributed by atoms with van der Waals surface area (Å²) in [6.07, 6.45) is 1.72. The van der Waals surface area contributed by atoms with E-state index < -0.39 is 11.6 Å². The molecule has 0 atom stereocenters. The van der Waals surface area contributed by atoms with Gasteiger partial charge in [0.25, 0.3) is 0 Å². The van der Waals surface area contributed by atoms with Crippen molar-refractivity contribution in [2.45, 2.75) is 32.0 Å². The first kappa shape index (κ1) is 40.0. The van der Waals surface area contributed by atoms with E-state index in [-0.39, 0.29) is 18.4 Å². The van der Waals surface area contributed by atoms with Crippen LogP contribution >= 0.6 is 12.4 Å². The van der Waals surface area contributed by atoms with Gasteiger partial charge >= 0.3 is 0 Å². The van der Waals surface area contributed by atoms with E-state index in [1.807, 2.05) is 36.4 Å². The number of ether oxygens (including phenoxy) is 6. The maximum Gasteiger partial charge on any atom is 0.203 e. The molecule has 286 valence electrons. The summed E-state index contributed by atoms with van der Waals surface area (Å²) < 4.78 is 62.1. The van der Waals surface area contributed by atoms with Crippen LogP contribution in [-0.2, 0) is 13.1 Å². The quantitative estimate of drug-likeness (QED) is 0.111. The van der Waals surface area contributed by atoms with Crippen molar-refractivity contribution in [1.82, 2.24) is 4.90 Å². The third-order valence-electron chi connectivity index (χ3n) is 9.84. The van der Waals surface area contributed by atoms with Gasteiger partial charge in [0.1, 0.15) is 0 Å². The molecule has 0 radical (unpaired) electrons. The molecule has 1 saturated heterocycles. The molecule has 0 aliphatic carbocycles. The van der Waals surface area contributed by atoms with Crippen molar-refractivity contribution >= 4 is 18.1 Å². The summed E-state index contributed by atoms with van der Waals surface area (Å²) in [6, 6.07) is 28.7. The van der Waals surface area contributed by atoms with Gasteiger partial charge in [0, 0.05) is 44.0 Å². The predicted octanol–water partition coefficient (Wildman–Crippen LogP) is 9.44. The number of likely N-dealkylation sites (tertiary alicyclic amines) is 1. The van der Waals surface area contributed by atoms with Crippen LogP contribution in [0.3, 0.4) is 0 Å². The number of hydrogen-bond acceptors (Lipinski definition) is 8. The topological polar surface area (TPSA) is 61.9 Å². The summed E-state index contributed by atoms with van der Waals surface area (Å²) in [5.41, 5.74) is 6.77. The van der Waals surface area contributed by atoms with Gasteiger partial charge in [-0.3, -0.25) is 4.90 Å². The van der Waals surface area contributed by atoms with Gasteiger partial charge in [-0.1, -0.05) is 36.4 Å². The number of rotatable bonds is 14. The first-order valence-corrected chi connectivity index (χ1v) is 17.5. The van der Waals surface area contributed by atoms with Gasteiger partial charge in [0.05, 0.1) is 42.7 Å². The second-order valence-corrected chi connectivity index (χ2v) is 13.0. The molecule has 0 saturated carbocycles. The van der Waals surface area contributed by atoms with Crippen molar-refractivity contribution in [2.24, 2.45) is 0 Å². The van der Waals surface area contributed by atoms with Crippen LogP contribution in [0.15, 0.2) is 91.0 Å². The maximum absolute atomic E-state index is 14.7. The molecule has 5 aromatic rings. The van der Waals surface area contributed by atoms with Crippen molar-refractivity contribution in [2.75, 3.05) is 60.6 Å². The average Bonchev–Trinajstić information content (AvgIpc) is 3.20. The highest BCUT2D eigenvalue weighted by Gasteiger charge is 2.26. The highest BCUT2D eigenvalue weighted by atomic mass is 35.5. The highest BCUT2D eigenvalue weighted by molar-refractivity contribution is 5.85. The molecule has 0 unspecified atom stereocenters. The molecule has 1 fully saturated rings. The molecule has 1 heterocycles. The van der Waals surface area contributed by atoms with Gasteiger partial charge in [-0.15, -0.1) is 12.4 Å². The van der Waals surface area contributed by atoms with Gasteiger partial charge in [-0.25, -0.2) is 8.78 Å². The molecule has 11 heteroatoms. The minimum Gasteiger partial charge on any atom is -0.493 e. The monoisotopic (exact) mass is 760 g/mol. The average molecular weight is 761 g/mol. The van der Waals surface area contributed by atoms with Gasteiger partial charge in [0.2, 0.25) is 11.5 Å². The van der Waals surface area contributed by atoms with E-state index in [4.69, 9.17) is 28.4 Å². The fourth-order valence-electron chi connectivity index (χ4n) is 7.13. The predicted molar refractivity (Wildman–Crippen MR) is 211 cm³/mol. The van der Waals surface area contributed by atoms with Crippen molar-refractivity contribution in [1.29, 1.82) is 0 Å². The first-order chi connectivity index (χ1) is 25.8. The van der Waals surface area contributed by atoms with Crippen LogP contribution in [-0.4, -0.2) is 66.7 Å². The maximum atomic E-state index is 14.7. The smallest absolute Gasteiger partial charge is 0.203 e. The minimum absolute atomic E-state index is 0. The van der Waals surface area contributed by atoms with E-state index >= 15 is 0 Å². The number of nitrogens with zero attached hydrogens (tertiary/aromatic N) is 2. The number of benzene rings is 5. The molecule has 1 aliphatic rings. The van der Waals surface area contributed by atoms with Crippen molar-refractivity contribution < 1.29 is 37.2 Å². The third-order valence-corrected chi connectivity index (χ3v) is 9.84. The Morgan fingerprint density at radius 2 is 1.04 bits per heavy atom. The van der Waals surface area contributed by atoms with Gasteiger partial charge in [0.15, 0.2) is 34.6 Å². The van der Waals surface area contributed by atoms with Gasteiger partial charge in [-0.05, 0) is 94.8 Å². The van der Waals surface area contributed by atoms with E-state index in [1.54, 1.807) is 48.7 Å². The molecule has 8 nitrogen and oxygen atoms in total. The number of anilines is 1. The van der Waals surface area contributed by atoms with Crippen molar-refractivity contribution in [3.63, 3.8) is 0 Å². The van der Waals surface area contributed by atoms with E-state index in [9.17, 15) is 8.78 Å². The Balaban J connectivity index is 0.00000561. The molecule has 0 aromatic heterocycles. The van der Waals surface area contributed by atoms with Crippen LogP contribution in [0, 0.1) is 11.6 Å². The van der Waals surface area contributed by atoms with Crippen LogP contribution in [0.25, 0.3) is 22.3 Å². The molecule has 5 aromatic carbocycles. The van der Waals surface area contributed by atoms with Crippen LogP contribution in [0.4, 0.5) is 14.5 Å². The number of halogens is 3. The number of hydrogen-bond donors (Lipinski definition) is 0. The Kier molecular flexibility index (Phi) is 13.5. The Morgan fingerprint density at radius 1 is 0.556 bits per heavy atom. The lowest BCUT2D eigenvalue weighted by Gasteiger charge is -2.40. The van der Waals surface area contributed by atoms with E-state index in [0.29, 0.717) is 46.7 Å². The second-order valence-electron chi connectivity index (χ2n) is 13.0. The lowest BCUT2D eigenvalue weighted by molar-refractivity contribution is 0.201. The van der Waals surface area contributed by atoms with Crippen molar-refractivity contribution in [3.05, 3.63) is 114 Å². The van der Waals surface area contributed by atoms with Gasteiger partial charge in [-0.2, -0.15) is 0 Å². The Labute approximate surface area is 322 Å². The Hall–Kier alpha value is -5.19. The summed E-state index contributed by atoms with van der Waals surface area (Å²) in [5.74, 6) is 1.70. The molecule has 0 N–H and O–H groups in total. The largest absolute Gasteiger partial charge is 0.493 e. The SMILES string of the molecule is COc1cc(-c2cccc(CN3CCC(N(Cc4cccc(-c5cc(OC)c(OC)c(OC)c5)c4)c4ccc(F)c(F)c4)CC3)c2)cc(OC)c1OC.Cl. The zero-order valence-corrected chi connectivity index (χ0v) is 32.3. The molecular weight excluding hydrogens is 714 g/mol. The standard InChI is InChI=1S/C43H46F2N2O6.ClH/c1-48-38-21-32(22-39(49-2)42(38)52-5)30-11-7-9-28(19-30)26-46-17-15-34(16-18-46)47(35-13-14-36(44)37(45)25-35)27-29-10-8-12-31(20-29)33-23-40(50-3)43(53-6)41(24-33)51-4;/h7-14,19-25,34H,15-18,26-27H2,1-6H3;1H. The Bertz CT molecular complexity index is 1990. The number of methoxy groups -OCH3 is 6. The zero-order valence-electron chi connectivity index (χ0n) is 31.5. The van der Waals surface area contributed by atoms with Crippen LogP contribution in [0.5, 0.6) is 34.5 Å².